The van der Waals surface area contributed by atoms with Crippen LogP contribution in [0.2, 0.25) is 0 Å². The lowest BCUT2D eigenvalue weighted by Gasteiger charge is -2.09. The van der Waals surface area contributed by atoms with Crippen LogP contribution in [-0.4, -0.2) is 4.57 Å². The van der Waals surface area contributed by atoms with Crippen LogP contribution in [0, 0.1) is 6.92 Å². The van der Waals surface area contributed by atoms with Crippen molar-refractivity contribution in [3.8, 4) is 0 Å². The normalized spacial score (nSPS) is 11.5. The van der Waals surface area contributed by atoms with Crippen molar-refractivity contribution >= 4 is 23.5 Å². The van der Waals surface area contributed by atoms with Crippen molar-refractivity contribution in [2.75, 3.05) is 0 Å². The van der Waals surface area contributed by atoms with E-state index < -0.39 is 0 Å². The number of hydrogen-bond acceptors (Lipinski definition) is 1. The summed E-state index contributed by atoms with van der Waals surface area (Å²) in [6.45, 7) is 6.59. The number of rotatable bonds is 2. The first kappa shape index (κ1) is 10.6. The van der Waals surface area contributed by atoms with Crippen molar-refractivity contribution in [2.45, 2.75) is 32.6 Å². The molecule has 0 saturated carbocycles. The second kappa shape index (κ2) is 3.93. The van der Waals surface area contributed by atoms with Gasteiger partial charge in [0.25, 0.3) is 0 Å². The molecule has 0 spiro atoms. The molecule has 0 bridgehead atoms. The van der Waals surface area contributed by atoms with E-state index in [1.54, 1.807) is 0 Å². The maximum atomic E-state index is 4.40. The predicted molar refractivity (Wildman–Crippen MR) is 69.8 cm³/mol. The van der Waals surface area contributed by atoms with Gasteiger partial charge in [-0.25, -0.2) is 0 Å². The highest BCUT2D eigenvalue weighted by Gasteiger charge is 2.10. The highest BCUT2D eigenvalue weighted by atomic mass is 32.1. The second-order valence-corrected chi connectivity index (χ2v) is 4.60. The van der Waals surface area contributed by atoms with E-state index in [1.165, 1.54) is 22.0 Å². The van der Waals surface area contributed by atoms with Crippen LogP contribution < -0.4 is 0 Å². The van der Waals surface area contributed by atoms with Crippen molar-refractivity contribution in [3.63, 3.8) is 0 Å². The Bertz CT molecular complexity index is 482. The van der Waals surface area contributed by atoms with Crippen LogP contribution in [-0.2, 0) is 5.75 Å². The number of thiol groups is 1. The van der Waals surface area contributed by atoms with Gasteiger partial charge in [-0.1, -0.05) is 12.1 Å². The Labute approximate surface area is 96.5 Å². The van der Waals surface area contributed by atoms with Crippen LogP contribution in [0.4, 0.5) is 0 Å². The van der Waals surface area contributed by atoms with Crippen LogP contribution in [0.3, 0.4) is 0 Å². The molecule has 0 aliphatic carbocycles. The van der Waals surface area contributed by atoms with Gasteiger partial charge in [-0.05, 0) is 38.0 Å². The molecule has 0 aliphatic rings. The largest absolute Gasteiger partial charge is 0.345 e. The molecule has 1 aromatic carbocycles. The van der Waals surface area contributed by atoms with Gasteiger partial charge in [0.1, 0.15) is 0 Å². The summed E-state index contributed by atoms with van der Waals surface area (Å²) in [5, 5.41) is 1.38. The molecule has 1 aromatic heterocycles. The fraction of sp³-hybridized carbons (Fsp3) is 0.385. The van der Waals surface area contributed by atoms with Crippen LogP contribution in [0.1, 0.15) is 31.0 Å². The van der Waals surface area contributed by atoms with Gasteiger partial charge in [0.2, 0.25) is 0 Å². The first-order valence-corrected chi connectivity index (χ1v) is 5.98. The molecule has 1 heterocycles. The summed E-state index contributed by atoms with van der Waals surface area (Å²) in [6, 6.07) is 6.98. The monoisotopic (exact) mass is 219 g/mol. The summed E-state index contributed by atoms with van der Waals surface area (Å²) in [6.07, 6.45) is 2.23. The third-order valence-electron chi connectivity index (χ3n) is 2.87. The third-order valence-corrected chi connectivity index (χ3v) is 3.21. The Kier molecular flexibility index (Phi) is 2.79. The number of hydrogen-bond donors (Lipinski definition) is 1. The van der Waals surface area contributed by atoms with E-state index in [1.807, 2.05) is 0 Å². The minimum absolute atomic E-state index is 0.503. The fourth-order valence-electron chi connectivity index (χ4n) is 2.13. The summed E-state index contributed by atoms with van der Waals surface area (Å²) >= 11 is 4.40. The summed E-state index contributed by atoms with van der Waals surface area (Å²) in [5.41, 5.74) is 4.00. The Morgan fingerprint density at radius 2 is 2.07 bits per heavy atom. The van der Waals surface area contributed by atoms with Gasteiger partial charge < -0.3 is 4.57 Å². The lowest BCUT2D eigenvalue weighted by molar-refractivity contribution is 0.622. The molecule has 2 aromatic rings. The standard InChI is InChI=1S/C13H17NS/c1-9(2)14-7-11(8-15)13-10(3)5-4-6-12(13)14/h4-7,9,15H,8H2,1-3H3. The van der Waals surface area contributed by atoms with Crippen molar-refractivity contribution in [2.24, 2.45) is 0 Å². The van der Waals surface area contributed by atoms with E-state index in [2.05, 4.69) is 62.4 Å². The lowest BCUT2D eigenvalue weighted by Crippen LogP contribution is -1.97. The van der Waals surface area contributed by atoms with Crippen molar-refractivity contribution in [1.29, 1.82) is 0 Å². The zero-order valence-electron chi connectivity index (χ0n) is 9.49. The molecular formula is C13H17NS. The van der Waals surface area contributed by atoms with Gasteiger partial charge in [0, 0.05) is 28.9 Å². The van der Waals surface area contributed by atoms with E-state index in [4.69, 9.17) is 0 Å². The number of aromatic nitrogens is 1. The van der Waals surface area contributed by atoms with Gasteiger partial charge in [-0.15, -0.1) is 0 Å². The molecule has 2 heteroatoms. The van der Waals surface area contributed by atoms with E-state index >= 15 is 0 Å². The maximum Gasteiger partial charge on any atom is 0.0488 e. The average Bonchev–Trinajstić information content (AvgIpc) is 2.58. The maximum absolute atomic E-state index is 4.40. The summed E-state index contributed by atoms with van der Waals surface area (Å²) < 4.78 is 2.33. The fourth-order valence-corrected chi connectivity index (χ4v) is 2.37. The quantitative estimate of drug-likeness (QED) is 0.729. The molecule has 2 rings (SSSR count). The number of fused-ring (bicyclic) bond motifs is 1. The highest BCUT2D eigenvalue weighted by molar-refractivity contribution is 7.79. The van der Waals surface area contributed by atoms with Gasteiger partial charge >= 0.3 is 0 Å². The van der Waals surface area contributed by atoms with Crippen LogP contribution in [0.5, 0.6) is 0 Å². The molecule has 80 valence electrons. The van der Waals surface area contributed by atoms with Crippen LogP contribution in [0.15, 0.2) is 24.4 Å². The number of aryl methyl sites for hydroxylation is 1. The molecule has 0 saturated heterocycles. The third kappa shape index (κ3) is 1.67. The molecule has 0 atom stereocenters. The summed E-state index contributed by atoms with van der Waals surface area (Å²) in [4.78, 5) is 0. The average molecular weight is 219 g/mol. The van der Waals surface area contributed by atoms with Gasteiger partial charge in [0.15, 0.2) is 0 Å². The molecule has 0 amide bonds. The smallest absolute Gasteiger partial charge is 0.0488 e. The molecule has 0 aliphatic heterocycles. The Morgan fingerprint density at radius 3 is 2.67 bits per heavy atom. The minimum Gasteiger partial charge on any atom is -0.345 e. The molecule has 15 heavy (non-hydrogen) atoms. The molecule has 0 N–H and O–H groups in total. The van der Waals surface area contributed by atoms with Crippen LogP contribution >= 0.6 is 12.6 Å². The van der Waals surface area contributed by atoms with E-state index in [-0.39, 0.29) is 0 Å². The molecule has 0 fully saturated rings. The predicted octanol–water partition coefficient (Wildman–Crippen LogP) is 3.96. The second-order valence-electron chi connectivity index (χ2n) is 4.28. The Hall–Kier alpha value is -0.890. The number of nitrogens with zero attached hydrogens (tertiary/aromatic N) is 1. The first-order chi connectivity index (χ1) is 7.15. The summed E-state index contributed by atoms with van der Waals surface area (Å²) in [5.74, 6) is 0.807. The van der Waals surface area contributed by atoms with E-state index in [0.29, 0.717) is 6.04 Å². The highest BCUT2D eigenvalue weighted by Crippen LogP contribution is 2.28. The molecule has 0 unspecified atom stereocenters. The molecule has 1 nitrogen and oxygen atoms in total. The number of benzene rings is 1. The van der Waals surface area contributed by atoms with Gasteiger partial charge in [-0.3, -0.25) is 0 Å². The topological polar surface area (TPSA) is 4.93 Å². The van der Waals surface area contributed by atoms with E-state index in [0.717, 1.165) is 5.75 Å². The van der Waals surface area contributed by atoms with Crippen molar-refractivity contribution in [1.82, 2.24) is 4.57 Å². The SMILES string of the molecule is Cc1cccc2c1c(CS)cn2C(C)C. The van der Waals surface area contributed by atoms with E-state index in [9.17, 15) is 0 Å². The minimum atomic E-state index is 0.503. The molecular weight excluding hydrogens is 202 g/mol. The van der Waals surface area contributed by atoms with Crippen LogP contribution in [0.25, 0.3) is 10.9 Å². The van der Waals surface area contributed by atoms with Gasteiger partial charge in [0.05, 0.1) is 0 Å². The zero-order valence-corrected chi connectivity index (χ0v) is 10.4. The molecule has 0 radical (unpaired) electrons. The van der Waals surface area contributed by atoms with Crippen molar-refractivity contribution in [3.05, 3.63) is 35.5 Å². The first-order valence-electron chi connectivity index (χ1n) is 5.35. The Balaban J connectivity index is 2.81. The zero-order chi connectivity index (χ0) is 11.0. The van der Waals surface area contributed by atoms with Crippen molar-refractivity contribution < 1.29 is 0 Å². The lowest BCUT2D eigenvalue weighted by atomic mass is 10.1. The summed E-state index contributed by atoms with van der Waals surface area (Å²) in [7, 11) is 0. The van der Waals surface area contributed by atoms with Gasteiger partial charge in [-0.2, -0.15) is 12.6 Å². The Morgan fingerprint density at radius 1 is 1.33 bits per heavy atom.